The van der Waals surface area contributed by atoms with Crippen LogP contribution in [-0.2, 0) is 17.8 Å². The molecule has 202 valence electrons. The number of aromatic nitrogens is 1. The number of hydrogen-bond acceptors (Lipinski definition) is 2. The van der Waals surface area contributed by atoms with Gasteiger partial charge in [0.25, 0.3) is 0 Å². The molecule has 1 aliphatic carbocycles. The number of carbonyl (C=O) groups excluding carboxylic acids is 1. The molecule has 3 aromatic rings. The fourth-order valence-electron chi connectivity index (χ4n) is 5.24. The molecule has 2 heterocycles. The summed E-state index contributed by atoms with van der Waals surface area (Å²) in [5.74, 6) is 0.692. The third-order valence-corrected chi connectivity index (χ3v) is 7.57. The maximum absolute atomic E-state index is 14.0. The Morgan fingerprint density at radius 2 is 2.00 bits per heavy atom. The molecule has 38 heavy (non-hydrogen) atoms. The third kappa shape index (κ3) is 6.75. The Morgan fingerprint density at radius 1 is 1.16 bits per heavy atom. The lowest BCUT2D eigenvalue weighted by Gasteiger charge is -2.25. The van der Waals surface area contributed by atoms with Crippen LogP contribution in [0.3, 0.4) is 0 Å². The number of unbranched alkanes of at least 4 members (excludes halogenated alkanes) is 2. The van der Waals surface area contributed by atoms with Crippen LogP contribution in [-0.4, -0.2) is 10.5 Å². The first-order chi connectivity index (χ1) is 18.6. The number of hydrogen-bond donors (Lipinski definition) is 2. The standard InChI is InChI=1S/C31H36FN3O.C2H6/c1-2-3-4-9-25(33-28-10-6-11-29-27(28)15-17-31(36)34-29)13-14-26-21-23-20-24(32)12-16-30(23)35(26)19-18-22-7-5-8-22;1-2/h6,9-14,16,20-22,33H,2-5,7-8,15,17-19H2,1H3,(H,34,36);1-2H3/b14-13+,25-9+;. The molecule has 0 radical (unpaired) electrons. The van der Waals surface area contributed by atoms with Crippen molar-refractivity contribution in [3.8, 4) is 0 Å². The van der Waals surface area contributed by atoms with E-state index in [4.69, 9.17) is 0 Å². The number of amides is 1. The molecule has 0 bridgehead atoms. The molecule has 0 unspecified atom stereocenters. The van der Waals surface area contributed by atoms with E-state index < -0.39 is 0 Å². The minimum absolute atomic E-state index is 0.0735. The van der Waals surface area contributed by atoms with Crippen molar-refractivity contribution in [1.82, 2.24) is 4.57 Å². The Bertz CT molecular complexity index is 1300. The molecule has 1 saturated carbocycles. The Balaban J connectivity index is 0.00000164. The van der Waals surface area contributed by atoms with Crippen molar-refractivity contribution in [1.29, 1.82) is 0 Å². The van der Waals surface area contributed by atoms with Crippen molar-refractivity contribution in [2.45, 2.75) is 85.1 Å². The van der Waals surface area contributed by atoms with Crippen molar-refractivity contribution in [3.63, 3.8) is 0 Å². The second-order valence-corrected chi connectivity index (χ2v) is 10.1. The number of fused-ring (bicyclic) bond motifs is 2. The number of rotatable bonds is 10. The van der Waals surface area contributed by atoms with Crippen LogP contribution in [0.25, 0.3) is 17.0 Å². The van der Waals surface area contributed by atoms with Gasteiger partial charge in [-0.3, -0.25) is 4.79 Å². The van der Waals surface area contributed by atoms with Crippen molar-refractivity contribution in [2.24, 2.45) is 5.92 Å². The number of aryl methyl sites for hydroxylation is 1. The van der Waals surface area contributed by atoms with Gasteiger partial charge in [0.15, 0.2) is 0 Å². The van der Waals surface area contributed by atoms with Crippen LogP contribution in [0.4, 0.5) is 15.8 Å². The molecule has 5 heteroatoms. The van der Waals surface area contributed by atoms with Crippen molar-refractivity contribution >= 4 is 34.3 Å². The first-order valence-electron chi connectivity index (χ1n) is 14.5. The van der Waals surface area contributed by atoms with Gasteiger partial charge < -0.3 is 15.2 Å². The van der Waals surface area contributed by atoms with E-state index in [1.165, 1.54) is 25.7 Å². The lowest BCUT2D eigenvalue weighted by Crippen LogP contribution is -2.20. The molecule has 5 rings (SSSR count). The number of benzene rings is 2. The summed E-state index contributed by atoms with van der Waals surface area (Å²) in [7, 11) is 0. The van der Waals surface area contributed by atoms with Crippen LogP contribution in [0.5, 0.6) is 0 Å². The van der Waals surface area contributed by atoms with E-state index in [1.54, 1.807) is 12.1 Å². The predicted molar refractivity (Wildman–Crippen MR) is 159 cm³/mol. The predicted octanol–water partition coefficient (Wildman–Crippen LogP) is 9.08. The minimum atomic E-state index is -0.197. The fraction of sp³-hybridized carbons (Fsp3) is 0.424. The van der Waals surface area contributed by atoms with Gasteiger partial charge in [0, 0.05) is 46.6 Å². The maximum Gasteiger partial charge on any atom is 0.224 e. The summed E-state index contributed by atoms with van der Waals surface area (Å²) >= 11 is 0. The van der Waals surface area contributed by atoms with E-state index in [-0.39, 0.29) is 11.7 Å². The number of carbonyl (C=O) groups is 1. The third-order valence-electron chi connectivity index (χ3n) is 7.57. The second kappa shape index (κ2) is 13.5. The quantitative estimate of drug-likeness (QED) is 0.209. The summed E-state index contributed by atoms with van der Waals surface area (Å²) in [5, 5.41) is 7.57. The lowest BCUT2D eigenvalue weighted by molar-refractivity contribution is -0.116. The first kappa shape index (κ1) is 27.7. The van der Waals surface area contributed by atoms with Crippen molar-refractivity contribution < 1.29 is 9.18 Å². The minimum Gasteiger partial charge on any atom is -0.355 e. The summed E-state index contributed by atoms with van der Waals surface area (Å²) in [6.45, 7) is 7.15. The molecular formula is C33H42FN3O. The normalized spacial score (nSPS) is 15.6. The van der Waals surface area contributed by atoms with E-state index in [2.05, 4.69) is 52.5 Å². The summed E-state index contributed by atoms with van der Waals surface area (Å²) in [4.78, 5) is 11.9. The van der Waals surface area contributed by atoms with Gasteiger partial charge in [-0.1, -0.05) is 58.6 Å². The van der Waals surface area contributed by atoms with Crippen LogP contribution in [0, 0.1) is 11.7 Å². The van der Waals surface area contributed by atoms with Gasteiger partial charge >= 0.3 is 0 Å². The second-order valence-electron chi connectivity index (χ2n) is 10.1. The summed E-state index contributed by atoms with van der Waals surface area (Å²) in [5.41, 5.74) is 6.31. The fourth-order valence-corrected chi connectivity index (χ4v) is 5.24. The molecule has 1 aliphatic heterocycles. The van der Waals surface area contributed by atoms with Gasteiger partial charge in [0.2, 0.25) is 5.91 Å². The zero-order valence-corrected chi connectivity index (χ0v) is 23.2. The van der Waals surface area contributed by atoms with Gasteiger partial charge in [-0.05, 0) is 85.7 Å². The highest BCUT2D eigenvalue weighted by molar-refractivity contribution is 5.95. The average molecular weight is 516 g/mol. The molecule has 4 nitrogen and oxygen atoms in total. The van der Waals surface area contributed by atoms with E-state index in [0.717, 1.165) is 77.4 Å². The molecule has 0 atom stereocenters. The van der Waals surface area contributed by atoms with E-state index in [9.17, 15) is 9.18 Å². The highest BCUT2D eigenvalue weighted by Crippen LogP contribution is 2.32. The van der Waals surface area contributed by atoms with Gasteiger partial charge in [0.1, 0.15) is 5.82 Å². The molecule has 0 spiro atoms. The smallest absolute Gasteiger partial charge is 0.224 e. The zero-order valence-electron chi connectivity index (χ0n) is 23.2. The van der Waals surface area contributed by atoms with Crippen LogP contribution >= 0.6 is 0 Å². The van der Waals surface area contributed by atoms with Gasteiger partial charge in [0.05, 0.1) is 0 Å². The van der Waals surface area contributed by atoms with Crippen LogP contribution in [0.15, 0.2) is 60.3 Å². The van der Waals surface area contributed by atoms with Crippen molar-refractivity contribution in [3.05, 3.63) is 77.4 Å². The number of anilines is 2. The molecule has 1 fully saturated rings. The number of nitrogens with zero attached hydrogens (tertiary/aromatic N) is 1. The molecule has 0 saturated heterocycles. The number of halogens is 1. The van der Waals surface area contributed by atoms with E-state index in [1.807, 2.05) is 32.0 Å². The molecule has 2 N–H and O–H groups in total. The number of nitrogens with one attached hydrogen (secondary N) is 2. The lowest BCUT2D eigenvalue weighted by atomic mass is 9.83. The van der Waals surface area contributed by atoms with E-state index in [0.29, 0.717) is 6.42 Å². The Labute approximate surface area is 227 Å². The topological polar surface area (TPSA) is 46.1 Å². The highest BCUT2D eigenvalue weighted by Gasteiger charge is 2.19. The SMILES string of the molecule is CC.CCCC/C=C(\C=C\c1cc2cc(F)ccc2n1CCC1CCC1)Nc1cccc2c1CCC(=O)N2. The molecule has 2 aliphatic rings. The van der Waals surface area contributed by atoms with Crippen LogP contribution in [0.2, 0.25) is 0 Å². The largest absolute Gasteiger partial charge is 0.355 e. The Morgan fingerprint density at radius 3 is 2.76 bits per heavy atom. The molecule has 2 aromatic carbocycles. The van der Waals surface area contributed by atoms with Gasteiger partial charge in [-0.2, -0.15) is 0 Å². The highest BCUT2D eigenvalue weighted by atomic mass is 19.1. The van der Waals surface area contributed by atoms with E-state index >= 15 is 0 Å². The zero-order chi connectivity index (χ0) is 26.9. The van der Waals surface area contributed by atoms with Crippen LogP contribution < -0.4 is 10.6 Å². The summed E-state index contributed by atoms with van der Waals surface area (Å²) < 4.78 is 16.3. The summed E-state index contributed by atoms with van der Waals surface area (Å²) in [6, 6.07) is 13.2. The average Bonchev–Trinajstić information content (AvgIpc) is 3.23. The maximum atomic E-state index is 14.0. The van der Waals surface area contributed by atoms with Gasteiger partial charge in [-0.25, -0.2) is 4.39 Å². The first-order valence-corrected chi connectivity index (χ1v) is 14.5. The van der Waals surface area contributed by atoms with Crippen LogP contribution in [0.1, 0.15) is 83.4 Å². The molecule has 1 aromatic heterocycles. The van der Waals surface area contributed by atoms with Crippen molar-refractivity contribution in [2.75, 3.05) is 10.6 Å². The van der Waals surface area contributed by atoms with Gasteiger partial charge in [-0.15, -0.1) is 0 Å². The summed E-state index contributed by atoms with van der Waals surface area (Å²) in [6.07, 6.45) is 16.2. The Hall–Kier alpha value is -3.34. The monoisotopic (exact) mass is 515 g/mol. The molecular weight excluding hydrogens is 473 g/mol. The number of allylic oxidation sites excluding steroid dienone is 2. The Kier molecular flexibility index (Phi) is 9.80. The molecule has 1 amide bonds.